The van der Waals surface area contributed by atoms with Crippen molar-refractivity contribution in [1.82, 2.24) is 9.47 Å². The second-order valence-electron chi connectivity index (χ2n) is 6.69. The van der Waals surface area contributed by atoms with Crippen LogP contribution >= 0.6 is 0 Å². The summed E-state index contributed by atoms with van der Waals surface area (Å²) < 4.78 is 2.07. The highest BCUT2D eigenvalue weighted by Gasteiger charge is 2.17. The number of benzene rings is 1. The third-order valence-electron chi connectivity index (χ3n) is 4.97. The minimum absolute atomic E-state index is 0.219. The average Bonchev–Trinajstić information content (AvgIpc) is 3.26. The largest absolute Gasteiger partial charge is 0.345 e. The zero-order valence-corrected chi connectivity index (χ0v) is 13.9. The molecule has 1 fully saturated rings. The molecule has 0 aliphatic heterocycles. The van der Waals surface area contributed by atoms with Gasteiger partial charge in [-0.1, -0.05) is 37.8 Å². The maximum Gasteiger partial charge on any atom is 0.226 e. The van der Waals surface area contributed by atoms with E-state index in [9.17, 15) is 4.79 Å². The van der Waals surface area contributed by atoms with E-state index in [1.807, 2.05) is 36.5 Å². The fourth-order valence-electron chi connectivity index (χ4n) is 3.40. The van der Waals surface area contributed by atoms with Crippen LogP contribution in [-0.2, 0) is 11.2 Å². The van der Waals surface area contributed by atoms with Gasteiger partial charge in [0, 0.05) is 31.7 Å². The van der Waals surface area contributed by atoms with E-state index in [4.69, 9.17) is 0 Å². The summed E-state index contributed by atoms with van der Waals surface area (Å²) in [4.78, 5) is 14.3. The zero-order chi connectivity index (χ0) is 16.1. The molecule has 23 heavy (non-hydrogen) atoms. The van der Waals surface area contributed by atoms with Crippen LogP contribution in [0.3, 0.4) is 0 Å². The number of carbonyl (C=O) groups is 1. The molecule has 0 bridgehead atoms. The van der Waals surface area contributed by atoms with E-state index in [1.54, 1.807) is 0 Å². The molecule has 1 aliphatic rings. The van der Waals surface area contributed by atoms with Crippen molar-refractivity contribution in [3.05, 3.63) is 54.4 Å². The van der Waals surface area contributed by atoms with E-state index in [0.717, 1.165) is 30.1 Å². The van der Waals surface area contributed by atoms with E-state index in [2.05, 4.69) is 28.8 Å². The molecule has 0 radical (unpaired) electrons. The van der Waals surface area contributed by atoms with E-state index in [1.165, 1.54) is 25.7 Å². The molecule has 122 valence electrons. The molecule has 1 aliphatic carbocycles. The minimum atomic E-state index is 0.219. The van der Waals surface area contributed by atoms with Crippen LogP contribution in [0.4, 0.5) is 0 Å². The summed E-state index contributed by atoms with van der Waals surface area (Å²) in [6, 6.07) is 12.3. The zero-order valence-electron chi connectivity index (χ0n) is 13.9. The maximum atomic E-state index is 12.4. The number of hydrogen-bond donors (Lipinski definition) is 0. The van der Waals surface area contributed by atoms with Gasteiger partial charge in [-0.05, 0) is 42.2 Å². The number of rotatable bonds is 6. The lowest BCUT2D eigenvalue weighted by Crippen LogP contribution is -2.30. The van der Waals surface area contributed by atoms with Gasteiger partial charge in [0.25, 0.3) is 0 Å². The minimum Gasteiger partial charge on any atom is -0.345 e. The third-order valence-corrected chi connectivity index (χ3v) is 4.97. The standard InChI is InChI=1S/C20H26N2O/c1-21(15-12-17-6-2-3-7-17)20(23)16-18-8-10-19(11-9-18)22-13-4-5-14-22/h4-5,8-11,13-14,17H,2-3,6-7,12,15-16H2,1H3. The highest BCUT2D eigenvalue weighted by molar-refractivity contribution is 5.78. The summed E-state index contributed by atoms with van der Waals surface area (Å²) in [6.07, 6.45) is 11.1. The Kier molecular flexibility index (Phi) is 5.16. The van der Waals surface area contributed by atoms with Crippen LogP contribution in [0.15, 0.2) is 48.8 Å². The molecule has 0 atom stereocenters. The lowest BCUT2D eigenvalue weighted by molar-refractivity contribution is -0.129. The molecule has 3 rings (SSSR count). The molecule has 1 aromatic carbocycles. The number of likely N-dealkylation sites (N-methyl/N-ethyl adjacent to an activating group) is 1. The number of hydrogen-bond acceptors (Lipinski definition) is 1. The predicted molar refractivity (Wildman–Crippen MR) is 93.7 cm³/mol. The molecule has 0 unspecified atom stereocenters. The Morgan fingerprint density at radius 3 is 2.43 bits per heavy atom. The highest BCUT2D eigenvalue weighted by atomic mass is 16.2. The summed E-state index contributed by atoms with van der Waals surface area (Å²) in [5.41, 5.74) is 2.21. The first-order valence-electron chi connectivity index (χ1n) is 8.68. The Morgan fingerprint density at radius 1 is 1.13 bits per heavy atom. The van der Waals surface area contributed by atoms with Gasteiger partial charge < -0.3 is 9.47 Å². The van der Waals surface area contributed by atoms with Gasteiger partial charge in [-0.25, -0.2) is 0 Å². The Hall–Kier alpha value is -2.03. The van der Waals surface area contributed by atoms with Gasteiger partial charge in [-0.15, -0.1) is 0 Å². The second-order valence-corrected chi connectivity index (χ2v) is 6.69. The molecule has 0 N–H and O–H groups in total. The molecule has 1 heterocycles. The van der Waals surface area contributed by atoms with E-state index < -0.39 is 0 Å². The normalized spacial score (nSPS) is 15.0. The van der Waals surface area contributed by atoms with Crippen molar-refractivity contribution < 1.29 is 4.79 Å². The van der Waals surface area contributed by atoms with Crippen molar-refractivity contribution >= 4 is 5.91 Å². The molecule has 3 heteroatoms. The molecule has 0 saturated heterocycles. The summed E-state index contributed by atoms with van der Waals surface area (Å²) >= 11 is 0. The molecule has 1 aromatic heterocycles. The second kappa shape index (κ2) is 7.49. The predicted octanol–water partition coefficient (Wildman–Crippen LogP) is 4.06. The van der Waals surface area contributed by atoms with Crippen LogP contribution in [-0.4, -0.2) is 29.0 Å². The Morgan fingerprint density at radius 2 is 1.78 bits per heavy atom. The summed E-state index contributed by atoms with van der Waals surface area (Å²) in [5, 5.41) is 0. The first-order chi connectivity index (χ1) is 11.2. The topological polar surface area (TPSA) is 25.2 Å². The van der Waals surface area contributed by atoms with Gasteiger partial charge in [-0.3, -0.25) is 4.79 Å². The molecular weight excluding hydrogens is 284 g/mol. The van der Waals surface area contributed by atoms with E-state index in [0.29, 0.717) is 6.42 Å². The van der Waals surface area contributed by atoms with Crippen molar-refractivity contribution in [2.24, 2.45) is 5.92 Å². The lowest BCUT2D eigenvalue weighted by Gasteiger charge is -2.19. The van der Waals surface area contributed by atoms with E-state index in [-0.39, 0.29) is 5.91 Å². The monoisotopic (exact) mass is 310 g/mol. The maximum absolute atomic E-state index is 12.4. The first kappa shape index (κ1) is 15.9. The van der Waals surface area contributed by atoms with Crippen LogP contribution in [0.5, 0.6) is 0 Å². The number of carbonyl (C=O) groups excluding carboxylic acids is 1. The van der Waals surface area contributed by atoms with Gasteiger partial charge in [0.2, 0.25) is 5.91 Å². The Balaban J connectivity index is 1.50. The summed E-state index contributed by atoms with van der Waals surface area (Å²) in [6.45, 7) is 0.894. The lowest BCUT2D eigenvalue weighted by atomic mass is 10.0. The molecule has 3 nitrogen and oxygen atoms in total. The van der Waals surface area contributed by atoms with Gasteiger partial charge in [0.05, 0.1) is 6.42 Å². The fourth-order valence-corrected chi connectivity index (χ4v) is 3.40. The fraction of sp³-hybridized carbons (Fsp3) is 0.450. The van der Waals surface area contributed by atoms with Gasteiger partial charge >= 0.3 is 0 Å². The Bertz CT molecular complexity index is 610. The van der Waals surface area contributed by atoms with Crippen molar-refractivity contribution in [2.45, 2.75) is 38.5 Å². The van der Waals surface area contributed by atoms with Crippen molar-refractivity contribution in [2.75, 3.05) is 13.6 Å². The smallest absolute Gasteiger partial charge is 0.226 e. The molecule has 0 spiro atoms. The molecule has 1 amide bonds. The summed E-state index contributed by atoms with van der Waals surface area (Å²) in [5.74, 6) is 1.06. The van der Waals surface area contributed by atoms with Crippen LogP contribution in [0.1, 0.15) is 37.7 Å². The van der Waals surface area contributed by atoms with Crippen LogP contribution in [0.2, 0.25) is 0 Å². The third kappa shape index (κ3) is 4.25. The van der Waals surface area contributed by atoms with Crippen molar-refractivity contribution in [3.8, 4) is 5.69 Å². The van der Waals surface area contributed by atoms with Gasteiger partial charge in [0.1, 0.15) is 0 Å². The SMILES string of the molecule is CN(CCC1CCCC1)C(=O)Cc1ccc(-n2cccc2)cc1. The molecule has 2 aromatic rings. The van der Waals surface area contributed by atoms with Crippen molar-refractivity contribution in [1.29, 1.82) is 0 Å². The quantitative estimate of drug-likeness (QED) is 0.790. The van der Waals surface area contributed by atoms with E-state index >= 15 is 0 Å². The highest BCUT2D eigenvalue weighted by Crippen LogP contribution is 2.27. The van der Waals surface area contributed by atoms with Crippen LogP contribution in [0.25, 0.3) is 5.69 Å². The van der Waals surface area contributed by atoms with Crippen LogP contribution in [0, 0.1) is 5.92 Å². The Labute approximate surface area is 138 Å². The first-order valence-corrected chi connectivity index (χ1v) is 8.68. The number of amides is 1. The van der Waals surface area contributed by atoms with Gasteiger partial charge in [-0.2, -0.15) is 0 Å². The average molecular weight is 310 g/mol. The van der Waals surface area contributed by atoms with Crippen LogP contribution < -0.4 is 0 Å². The molecule has 1 saturated carbocycles. The van der Waals surface area contributed by atoms with Gasteiger partial charge in [0.15, 0.2) is 0 Å². The summed E-state index contributed by atoms with van der Waals surface area (Å²) in [7, 11) is 1.94. The number of aromatic nitrogens is 1. The molecular formula is C20H26N2O. The number of nitrogens with zero attached hydrogens (tertiary/aromatic N) is 2. The van der Waals surface area contributed by atoms with Crippen molar-refractivity contribution in [3.63, 3.8) is 0 Å².